The Morgan fingerprint density at radius 2 is 1.76 bits per heavy atom. The van der Waals surface area contributed by atoms with Crippen molar-refractivity contribution in [3.05, 3.63) is 116 Å². The van der Waals surface area contributed by atoms with Gasteiger partial charge in [0.05, 0.1) is 40.7 Å². The van der Waals surface area contributed by atoms with Crippen LogP contribution in [0.3, 0.4) is 0 Å². The Hall–Kier alpha value is -5.50. The number of rotatable bonds is 6. The molecule has 0 bridgehead atoms. The molecule has 0 atom stereocenters. The van der Waals surface area contributed by atoms with Crippen LogP contribution in [0.2, 0.25) is 5.02 Å². The zero-order valence-corrected chi connectivity index (χ0v) is 24.7. The van der Waals surface area contributed by atoms with Crippen molar-refractivity contribution in [1.82, 2.24) is 33.8 Å². The van der Waals surface area contributed by atoms with E-state index in [9.17, 15) is 27.6 Å². The molecule has 0 spiro atoms. The molecule has 1 saturated heterocycles. The summed E-state index contributed by atoms with van der Waals surface area (Å²) in [7, 11) is 0. The van der Waals surface area contributed by atoms with Gasteiger partial charge in [0, 0.05) is 48.6 Å². The fourth-order valence-corrected chi connectivity index (χ4v) is 5.65. The van der Waals surface area contributed by atoms with Gasteiger partial charge in [-0.25, -0.2) is 27.3 Å². The third-order valence-corrected chi connectivity index (χ3v) is 8.19. The highest BCUT2D eigenvalue weighted by molar-refractivity contribution is 6.34. The van der Waals surface area contributed by atoms with Crippen LogP contribution in [0.1, 0.15) is 18.5 Å². The minimum Gasteiger partial charge on any atom is -0.339 e. The van der Waals surface area contributed by atoms with Crippen LogP contribution >= 0.6 is 11.6 Å². The maximum absolute atomic E-state index is 14.2. The monoisotopic (exact) mass is 646 g/mol. The van der Waals surface area contributed by atoms with Crippen molar-refractivity contribution in [2.75, 3.05) is 18.4 Å². The van der Waals surface area contributed by atoms with Crippen LogP contribution < -0.4 is 16.7 Å². The third-order valence-electron chi connectivity index (χ3n) is 7.88. The maximum atomic E-state index is 14.2. The second kappa shape index (κ2) is 11.1. The van der Waals surface area contributed by atoms with E-state index in [1.54, 1.807) is 58.4 Å². The first-order chi connectivity index (χ1) is 22.1. The second-order valence-electron chi connectivity index (χ2n) is 10.9. The van der Waals surface area contributed by atoms with Crippen LogP contribution in [-0.4, -0.2) is 52.8 Å². The Labute approximate surface area is 262 Å². The van der Waals surface area contributed by atoms with Gasteiger partial charge in [0.2, 0.25) is 11.9 Å². The molecule has 3 aromatic carbocycles. The van der Waals surface area contributed by atoms with Crippen LogP contribution in [0, 0.1) is 17.5 Å². The number of pyridine rings is 1. The molecule has 15 heteroatoms. The van der Waals surface area contributed by atoms with Crippen molar-refractivity contribution in [1.29, 1.82) is 0 Å². The topological polar surface area (TPSA) is 120 Å². The molecule has 6 aromatic rings. The number of hydrogen-bond donors (Lipinski definition) is 1. The summed E-state index contributed by atoms with van der Waals surface area (Å²) >= 11 is 6.59. The summed E-state index contributed by atoms with van der Waals surface area (Å²) < 4.78 is 45.7. The number of halogens is 4. The predicted molar refractivity (Wildman–Crippen MR) is 164 cm³/mol. The normalized spacial score (nSPS) is 13.4. The maximum Gasteiger partial charge on any atom is 0.359 e. The number of carbonyl (C=O) groups excluding carboxylic acids is 1. The number of likely N-dealkylation sites (tertiary alicyclic amines) is 1. The van der Waals surface area contributed by atoms with Gasteiger partial charge in [-0.1, -0.05) is 35.9 Å². The molecule has 1 N–H and O–H groups in total. The number of nitrogens with zero attached hydrogens (tertiary/aromatic N) is 7. The number of benzene rings is 3. The highest BCUT2D eigenvalue weighted by Gasteiger charge is 2.30. The largest absolute Gasteiger partial charge is 0.359 e. The molecule has 3 aromatic heterocycles. The minimum atomic E-state index is -1.66. The molecule has 0 unspecified atom stereocenters. The van der Waals surface area contributed by atoms with Gasteiger partial charge in [0.1, 0.15) is 0 Å². The van der Waals surface area contributed by atoms with Crippen molar-refractivity contribution >= 4 is 50.8 Å². The lowest BCUT2D eigenvalue weighted by Crippen LogP contribution is -2.49. The molecule has 0 saturated carbocycles. The molecule has 46 heavy (non-hydrogen) atoms. The van der Waals surface area contributed by atoms with Crippen LogP contribution in [0.4, 0.5) is 24.8 Å². The first kappa shape index (κ1) is 29.2. The van der Waals surface area contributed by atoms with E-state index in [-0.39, 0.29) is 39.9 Å². The quantitative estimate of drug-likeness (QED) is 0.264. The van der Waals surface area contributed by atoms with E-state index >= 15 is 0 Å². The number of carbonyl (C=O) groups is 1. The number of nitrogens with one attached hydrogen (secondary N) is 1. The van der Waals surface area contributed by atoms with Gasteiger partial charge in [-0.2, -0.15) is 10.1 Å². The molecule has 1 fully saturated rings. The molecular weight excluding hydrogens is 625 g/mol. The molecule has 0 aliphatic carbocycles. The predicted octanol–water partition coefficient (Wildman–Crippen LogP) is 4.56. The fraction of sp³-hybridized carbons (Fsp3) is 0.161. The van der Waals surface area contributed by atoms with Crippen LogP contribution in [0.5, 0.6) is 0 Å². The van der Waals surface area contributed by atoms with E-state index in [4.69, 9.17) is 11.6 Å². The molecule has 11 nitrogen and oxygen atoms in total. The minimum absolute atomic E-state index is 0.00835. The van der Waals surface area contributed by atoms with E-state index in [0.29, 0.717) is 34.8 Å². The first-order valence-electron chi connectivity index (χ1n) is 14.0. The van der Waals surface area contributed by atoms with E-state index in [1.807, 2.05) is 0 Å². The van der Waals surface area contributed by atoms with Crippen LogP contribution in [0.15, 0.2) is 76.7 Å². The average Bonchev–Trinajstić information content (AvgIpc) is 3.38. The lowest BCUT2D eigenvalue weighted by Gasteiger charge is -2.38. The Bertz CT molecular complexity index is 2300. The summed E-state index contributed by atoms with van der Waals surface area (Å²) in [5.41, 5.74) is -0.998. The smallest absolute Gasteiger partial charge is 0.339 e. The highest BCUT2D eigenvalue weighted by Crippen LogP contribution is 2.31. The highest BCUT2D eigenvalue weighted by atomic mass is 35.5. The molecule has 1 aliphatic heterocycles. The van der Waals surface area contributed by atoms with Gasteiger partial charge in [-0.3, -0.25) is 19.0 Å². The molecule has 1 aliphatic rings. The first-order valence-corrected chi connectivity index (χ1v) is 14.4. The Morgan fingerprint density at radius 3 is 2.50 bits per heavy atom. The van der Waals surface area contributed by atoms with Crippen LogP contribution in [0.25, 0.3) is 27.4 Å². The van der Waals surface area contributed by atoms with E-state index in [2.05, 4.69) is 20.4 Å². The van der Waals surface area contributed by atoms with Gasteiger partial charge < -0.3 is 10.2 Å². The number of fused-ring (bicyclic) bond motifs is 2. The summed E-state index contributed by atoms with van der Waals surface area (Å²) in [6, 6.07) is 11.7. The standard InChI is InChI=1S/C31H22ClF3N8O3/c1-16(44)40-14-20(15-40)42-13-19-8-26(22(32)9-25(19)39-42)37-29-38-30(45)43(27-11-36-10-18-4-2-3-5-21(18)27)31(46)41(29)12-17-6-23(33)28(35)24(34)7-17/h2-11,13,20H,12,14-15H2,1H3,(H,37,38,45). The molecule has 1 amide bonds. The number of amides is 1. The molecule has 232 valence electrons. The second-order valence-corrected chi connectivity index (χ2v) is 11.3. The SMILES string of the molecule is CC(=O)N1CC(n2cc3cc(Nc4nc(=O)n(-c5cncc6ccccc56)c(=O)n4Cc4cc(F)c(F)c(F)c4)c(Cl)cc3n2)C1. The van der Waals surface area contributed by atoms with Gasteiger partial charge >= 0.3 is 11.4 Å². The Kier molecular flexibility index (Phi) is 7.08. The zero-order valence-electron chi connectivity index (χ0n) is 23.9. The number of hydrogen-bond acceptors (Lipinski definition) is 7. The summed E-state index contributed by atoms with van der Waals surface area (Å²) in [5, 5.41) is 9.52. The third kappa shape index (κ3) is 5.05. The van der Waals surface area contributed by atoms with Crippen molar-refractivity contribution in [3.63, 3.8) is 0 Å². The van der Waals surface area contributed by atoms with Gasteiger partial charge in [0.25, 0.3) is 0 Å². The average molecular weight is 647 g/mol. The lowest BCUT2D eigenvalue weighted by atomic mass is 10.1. The van der Waals surface area contributed by atoms with Gasteiger partial charge in [-0.05, 0) is 29.8 Å². The summed E-state index contributed by atoms with van der Waals surface area (Å²) in [5.74, 6) is -4.85. The molecular formula is C31H22ClF3N8O3. The van der Waals surface area contributed by atoms with Crippen molar-refractivity contribution in [3.8, 4) is 5.69 Å². The zero-order chi connectivity index (χ0) is 32.3. The fourth-order valence-electron chi connectivity index (χ4n) is 5.45. The van der Waals surface area contributed by atoms with E-state index in [0.717, 1.165) is 21.3 Å². The van der Waals surface area contributed by atoms with E-state index < -0.39 is 35.4 Å². The molecule has 0 radical (unpaired) electrons. The number of anilines is 2. The Morgan fingerprint density at radius 1 is 1.02 bits per heavy atom. The van der Waals surface area contributed by atoms with Crippen molar-refractivity contribution < 1.29 is 18.0 Å². The van der Waals surface area contributed by atoms with Gasteiger partial charge in [0.15, 0.2) is 17.5 Å². The summed E-state index contributed by atoms with van der Waals surface area (Å²) in [6.45, 7) is 2.05. The summed E-state index contributed by atoms with van der Waals surface area (Å²) in [4.78, 5) is 49.1. The van der Waals surface area contributed by atoms with Gasteiger partial charge in [-0.15, -0.1) is 0 Å². The van der Waals surface area contributed by atoms with Crippen molar-refractivity contribution in [2.24, 2.45) is 0 Å². The molecule has 4 heterocycles. The van der Waals surface area contributed by atoms with Crippen molar-refractivity contribution in [2.45, 2.75) is 19.5 Å². The molecule has 7 rings (SSSR count). The Balaban J connectivity index is 1.34. The lowest BCUT2D eigenvalue weighted by molar-refractivity contribution is -0.134. The number of aromatic nitrogens is 6. The summed E-state index contributed by atoms with van der Waals surface area (Å²) in [6.07, 6.45) is 4.69. The van der Waals surface area contributed by atoms with Crippen LogP contribution in [-0.2, 0) is 11.3 Å². The van der Waals surface area contributed by atoms with E-state index in [1.165, 1.54) is 13.1 Å².